The van der Waals surface area contributed by atoms with E-state index in [0.717, 1.165) is 10.5 Å². The second-order valence-electron chi connectivity index (χ2n) is 3.05. The average molecular weight is 191 g/mol. The summed E-state index contributed by atoms with van der Waals surface area (Å²) in [5.41, 5.74) is 1.68. The van der Waals surface area contributed by atoms with Crippen LogP contribution >= 0.6 is 0 Å². The molecule has 5 heteroatoms. The van der Waals surface area contributed by atoms with Gasteiger partial charge >= 0.3 is 6.03 Å². The maximum atomic E-state index is 11.2. The number of rotatable bonds is 1. The van der Waals surface area contributed by atoms with Gasteiger partial charge in [0.15, 0.2) is 0 Å². The van der Waals surface area contributed by atoms with Gasteiger partial charge in [0.05, 0.1) is 5.69 Å². The molecule has 0 spiro atoms. The number of nitrogens with zero attached hydrogens (tertiary/aromatic N) is 3. The van der Waals surface area contributed by atoms with E-state index in [9.17, 15) is 9.90 Å². The van der Waals surface area contributed by atoms with Crippen molar-refractivity contribution in [1.29, 1.82) is 0 Å². The van der Waals surface area contributed by atoms with Gasteiger partial charge in [0.25, 0.3) is 6.35 Å². The molecule has 0 aromatic heterocycles. The first-order valence-corrected chi connectivity index (χ1v) is 4.17. The quantitative estimate of drug-likeness (QED) is 0.733. The monoisotopic (exact) mass is 191 g/mol. The molecule has 0 bridgehead atoms. The third kappa shape index (κ3) is 1.38. The summed E-state index contributed by atoms with van der Waals surface area (Å²) in [6.45, 7) is 1.95. The molecule has 1 unspecified atom stereocenters. The zero-order valence-corrected chi connectivity index (χ0v) is 7.58. The van der Waals surface area contributed by atoms with Gasteiger partial charge in [-0.25, -0.2) is 9.69 Å². The molecule has 1 heterocycles. The van der Waals surface area contributed by atoms with Crippen molar-refractivity contribution in [3.05, 3.63) is 29.8 Å². The fourth-order valence-corrected chi connectivity index (χ4v) is 1.25. The highest BCUT2D eigenvalue weighted by atomic mass is 16.3. The first-order chi connectivity index (χ1) is 6.68. The molecule has 1 atom stereocenters. The Hall–Kier alpha value is -1.75. The van der Waals surface area contributed by atoms with Crippen molar-refractivity contribution in [2.45, 2.75) is 13.3 Å². The van der Waals surface area contributed by atoms with Crippen LogP contribution in [0.3, 0.4) is 0 Å². The van der Waals surface area contributed by atoms with Crippen molar-refractivity contribution >= 4 is 11.7 Å². The number of anilines is 1. The van der Waals surface area contributed by atoms with Crippen LogP contribution in [0.25, 0.3) is 0 Å². The summed E-state index contributed by atoms with van der Waals surface area (Å²) in [6.07, 6.45) is -1.19. The number of azo groups is 1. The maximum absolute atomic E-state index is 11.2. The normalized spacial score (nSPS) is 20.6. The van der Waals surface area contributed by atoms with E-state index >= 15 is 0 Å². The fraction of sp³-hybridized carbons (Fsp3) is 0.222. The summed E-state index contributed by atoms with van der Waals surface area (Å²) in [7, 11) is 0. The van der Waals surface area contributed by atoms with Gasteiger partial charge in [-0.3, -0.25) is 0 Å². The Kier molecular flexibility index (Phi) is 2.01. The molecule has 0 saturated carbocycles. The maximum Gasteiger partial charge on any atom is 0.370 e. The molecule has 1 aliphatic heterocycles. The largest absolute Gasteiger partial charge is 0.370 e. The summed E-state index contributed by atoms with van der Waals surface area (Å²) in [5, 5.41) is 15.9. The highest BCUT2D eigenvalue weighted by Crippen LogP contribution is 2.22. The van der Waals surface area contributed by atoms with Crippen LogP contribution in [0, 0.1) is 6.92 Å². The topological polar surface area (TPSA) is 65.3 Å². The van der Waals surface area contributed by atoms with E-state index in [0.29, 0.717) is 5.69 Å². The minimum atomic E-state index is -1.19. The second kappa shape index (κ2) is 3.19. The van der Waals surface area contributed by atoms with E-state index in [1.807, 2.05) is 19.1 Å². The number of urea groups is 1. The minimum Gasteiger partial charge on any atom is -0.353 e. The number of carbonyl (C=O) groups is 1. The van der Waals surface area contributed by atoms with Crippen LogP contribution in [-0.2, 0) is 0 Å². The molecular formula is C9H9N3O2. The molecule has 14 heavy (non-hydrogen) atoms. The third-order valence-electron chi connectivity index (χ3n) is 2.00. The van der Waals surface area contributed by atoms with Gasteiger partial charge in [0.1, 0.15) is 0 Å². The lowest BCUT2D eigenvalue weighted by Gasteiger charge is -2.16. The van der Waals surface area contributed by atoms with E-state index in [1.54, 1.807) is 12.1 Å². The lowest BCUT2D eigenvalue weighted by molar-refractivity contribution is 0.188. The van der Waals surface area contributed by atoms with Crippen LogP contribution in [0.1, 0.15) is 5.56 Å². The molecule has 2 rings (SSSR count). The molecule has 1 aromatic rings. The Labute approximate surface area is 80.7 Å². The van der Waals surface area contributed by atoms with Gasteiger partial charge < -0.3 is 5.11 Å². The van der Waals surface area contributed by atoms with Crippen LogP contribution in [-0.4, -0.2) is 17.5 Å². The molecule has 0 radical (unpaired) electrons. The standard InChI is InChI=1S/C9H9N3O2/c1-6-2-4-7(5-3-6)12-8(13)10-11-9(12)14/h2-5,8,13H,1H3. The van der Waals surface area contributed by atoms with Crippen LogP contribution < -0.4 is 4.90 Å². The lowest BCUT2D eigenvalue weighted by atomic mass is 10.2. The van der Waals surface area contributed by atoms with Crippen molar-refractivity contribution in [1.82, 2.24) is 0 Å². The smallest absolute Gasteiger partial charge is 0.353 e. The van der Waals surface area contributed by atoms with Gasteiger partial charge in [-0.15, -0.1) is 5.11 Å². The molecular weight excluding hydrogens is 182 g/mol. The summed E-state index contributed by atoms with van der Waals surface area (Å²) >= 11 is 0. The van der Waals surface area contributed by atoms with Gasteiger partial charge in [0, 0.05) is 0 Å². The molecule has 1 N–H and O–H groups in total. The summed E-state index contributed by atoms with van der Waals surface area (Å²) in [6, 6.07) is 6.65. The third-order valence-corrected chi connectivity index (χ3v) is 2.00. The van der Waals surface area contributed by atoms with Gasteiger partial charge in [-0.05, 0) is 19.1 Å². The highest BCUT2D eigenvalue weighted by Gasteiger charge is 2.28. The molecule has 5 nitrogen and oxygen atoms in total. The van der Waals surface area contributed by atoms with Crippen molar-refractivity contribution < 1.29 is 9.90 Å². The number of amides is 2. The predicted octanol–water partition coefficient (Wildman–Crippen LogP) is 1.66. The zero-order valence-electron chi connectivity index (χ0n) is 7.58. The van der Waals surface area contributed by atoms with E-state index in [-0.39, 0.29) is 0 Å². The molecule has 0 saturated heterocycles. The van der Waals surface area contributed by atoms with Gasteiger partial charge in [-0.1, -0.05) is 22.8 Å². The first kappa shape index (κ1) is 8.83. The summed E-state index contributed by atoms with van der Waals surface area (Å²) in [5.74, 6) is 0. The molecule has 1 aliphatic rings. The van der Waals surface area contributed by atoms with E-state index in [1.165, 1.54) is 0 Å². The fourth-order valence-electron chi connectivity index (χ4n) is 1.25. The Morgan fingerprint density at radius 2 is 2.00 bits per heavy atom. The molecule has 2 amide bonds. The predicted molar refractivity (Wildman–Crippen MR) is 49.9 cm³/mol. The Bertz CT molecular complexity index is 386. The van der Waals surface area contributed by atoms with E-state index in [2.05, 4.69) is 10.2 Å². The number of aliphatic hydroxyl groups is 1. The Morgan fingerprint density at radius 1 is 1.36 bits per heavy atom. The van der Waals surface area contributed by atoms with Crippen LogP contribution in [0.2, 0.25) is 0 Å². The van der Waals surface area contributed by atoms with Crippen molar-refractivity contribution in [3.63, 3.8) is 0 Å². The minimum absolute atomic E-state index is 0.540. The molecule has 0 fully saturated rings. The van der Waals surface area contributed by atoms with E-state index in [4.69, 9.17) is 0 Å². The number of carbonyl (C=O) groups excluding carboxylic acids is 1. The lowest BCUT2D eigenvalue weighted by Crippen LogP contribution is -2.32. The van der Waals surface area contributed by atoms with Crippen LogP contribution in [0.15, 0.2) is 34.5 Å². The SMILES string of the molecule is Cc1ccc(N2C(=O)N=NC2O)cc1. The number of aryl methyl sites for hydroxylation is 1. The zero-order chi connectivity index (χ0) is 10.1. The Morgan fingerprint density at radius 3 is 2.50 bits per heavy atom. The van der Waals surface area contributed by atoms with Crippen LogP contribution in [0.4, 0.5) is 10.5 Å². The molecule has 0 aliphatic carbocycles. The molecule has 72 valence electrons. The van der Waals surface area contributed by atoms with Crippen molar-refractivity contribution in [2.24, 2.45) is 10.2 Å². The average Bonchev–Trinajstić information content (AvgIpc) is 2.49. The number of hydrogen-bond donors (Lipinski definition) is 1. The van der Waals surface area contributed by atoms with Crippen molar-refractivity contribution in [3.8, 4) is 0 Å². The first-order valence-electron chi connectivity index (χ1n) is 4.17. The van der Waals surface area contributed by atoms with Gasteiger partial charge in [0.2, 0.25) is 0 Å². The van der Waals surface area contributed by atoms with Crippen LogP contribution in [0.5, 0.6) is 0 Å². The van der Waals surface area contributed by atoms with Crippen molar-refractivity contribution in [2.75, 3.05) is 4.90 Å². The highest BCUT2D eigenvalue weighted by molar-refractivity contribution is 5.93. The van der Waals surface area contributed by atoms with Gasteiger partial charge in [-0.2, -0.15) is 0 Å². The number of aliphatic hydroxyl groups excluding tert-OH is 1. The number of benzene rings is 1. The molecule has 1 aromatic carbocycles. The second-order valence-corrected chi connectivity index (χ2v) is 3.05. The van der Waals surface area contributed by atoms with E-state index < -0.39 is 12.4 Å². The number of hydrogen-bond acceptors (Lipinski definition) is 3. The Balaban J connectivity index is 2.31. The summed E-state index contributed by atoms with van der Waals surface area (Å²) < 4.78 is 0. The summed E-state index contributed by atoms with van der Waals surface area (Å²) in [4.78, 5) is 12.3.